The van der Waals surface area contributed by atoms with Crippen molar-refractivity contribution in [2.24, 2.45) is 19.8 Å². The first-order valence-electron chi connectivity index (χ1n) is 13.5. The minimum Gasteiger partial charge on any atom is -0.388 e. The fraction of sp³-hybridized carbons (Fsp3) is 0.194. The number of nitrogens with one attached hydrogen (secondary N) is 4. The Morgan fingerprint density at radius 3 is 2.05 bits per heavy atom. The van der Waals surface area contributed by atoms with E-state index in [-0.39, 0.29) is 30.6 Å². The van der Waals surface area contributed by atoms with Gasteiger partial charge in [-0.05, 0) is 48.0 Å². The van der Waals surface area contributed by atoms with Crippen molar-refractivity contribution >= 4 is 52.8 Å². The van der Waals surface area contributed by atoms with Crippen LogP contribution in [0.4, 0.5) is 17.1 Å². The van der Waals surface area contributed by atoms with E-state index in [4.69, 9.17) is 11.1 Å². The van der Waals surface area contributed by atoms with Crippen LogP contribution in [0.3, 0.4) is 0 Å². The van der Waals surface area contributed by atoms with Crippen LogP contribution in [0, 0.1) is 5.41 Å². The Morgan fingerprint density at radius 2 is 1.49 bits per heavy atom. The molecule has 0 aliphatic rings. The number of aromatic nitrogens is 3. The molecule has 4 rings (SSSR count). The predicted molar refractivity (Wildman–Crippen MR) is 170 cm³/mol. The molecular weight excluding hydrogens is 546 g/mol. The summed E-state index contributed by atoms with van der Waals surface area (Å²) in [5.41, 5.74) is 10.1. The van der Waals surface area contributed by atoms with E-state index in [1.165, 1.54) is 6.20 Å². The second-order valence-corrected chi connectivity index (χ2v) is 10.2. The molecule has 0 spiro atoms. The topological polar surface area (TPSA) is 163 Å². The summed E-state index contributed by atoms with van der Waals surface area (Å²) < 4.78 is 3.19. The first-order chi connectivity index (χ1) is 20.5. The predicted octanol–water partition coefficient (Wildman–Crippen LogP) is 3.56. The van der Waals surface area contributed by atoms with E-state index in [0.29, 0.717) is 34.0 Å². The molecule has 3 amide bonds. The Balaban J connectivity index is 1.35. The number of pyridine rings is 1. The molecule has 3 aromatic heterocycles. The zero-order valence-electron chi connectivity index (χ0n) is 24.5. The van der Waals surface area contributed by atoms with Crippen molar-refractivity contribution in [3.8, 4) is 0 Å². The highest BCUT2D eigenvalue weighted by atomic mass is 16.2. The normalized spacial score (nSPS) is 10.9. The summed E-state index contributed by atoms with van der Waals surface area (Å²) in [6.45, 7) is 0.239. The molecule has 0 unspecified atom stereocenters. The average Bonchev–Trinajstić information content (AvgIpc) is 3.53. The minimum absolute atomic E-state index is 0.0150. The molecule has 0 saturated carbocycles. The smallest absolute Gasteiger partial charge is 0.272 e. The highest BCUT2D eigenvalue weighted by molar-refractivity contribution is 6.07. The molecule has 1 aromatic carbocycles. The van der Waals surface area contributed by atoms with E-state index in [2.05, 4.69) is 20.9 Å². The Kier molecular flexibility index (Phi) is 9.40. The zero-order valence-corrected chi connectivity index (χ0v) is 24.5. The molecule has 0 atom stereocenters. The van der Waals surface area contributed by atoms with Crippen LogP contribution in [0.2, 0.25) is 0 Å². The molecule has 0 aliphatic heterocycles. The molecule has 0 saturated heterocycles. The summed E-state index contributed by atoms with van der Waals surface area (Å²) in [6.07, 6.45) is 8.85. The first-order valence-corrected chi connectivity index (χ1v) is 13.5. The summed E-state index contributed by atoms with van der Waals surface area (Å²) in [7, 11) is 7.37. The summed E-state index contributed by atoms with van der Waals surface area (Å²) in [6, 6.07) is 14.7. The van der Waals surface area contributed by atoms with Crippen molar-refractivity contribution in [2.75, 3.05) is 36.2 Å². The molecule has 0 radical (unpaired) electrons. The van der Waals surface area contributed by atoms with Crippen molar-refractivity contribution in [3.05, 3.63) is 95.3 Å². The molecular formula is C31H35N9O3. The Bertz CT molecular complexity index is 1660. The summed E-state index contributed by atoms with van der Waals surface area (Å²) >= 11 is 0. The quantitative estimate of drug-likeness (QED) is 0.134. The average molecular weight is 582 g/mol. The Labute approximate surface area is 249 Å². The lowest BCUT2D eigenvalue weighted by atomic mass is 10.1. The molecule has 43 heavy (non-hydrogen) atoms. The maximum atomic E-state index is 13.0. The van der Waals surface area contributed by atoms with Crippen molar-refractivity contribution in [1.82, 2.24) is 19.4 Å². The van der Waals surface area contributed by atoms with E-state index in [1.54, 1.807) is 59.9 Å². The molecule has 4 aromatic rings. The van der Waals surface area contributed by atoms with Gasteiger partial charge in [0.05, 0.1) is 28.5 Å². The van der Waals surface area contributed by atoms with Gasteiger partial charge < -0.3 is 35.7 Å². The molecule has 0 bridgehead atoms. The monoisotopic (exact) mass is 581 g/mol. The summed E-state index contributed by atoms with van der Waals surface area (Å²) in [5, 5.41) is 15.5. The number of amidine groups is 1. The lowest BCUT2D eigenvalue weighted by Crippen LogP contribution is -2.28. The van der Waals surface area contributed by atoms with Gasteiger partial charge in [-0.2, -0.15) is 0 Å². The number of nitrogens with zero attached hydrogens (tertiary/aromatic N) is 4. The number of hydrogen-bond acceptors (Lipinski definition) is 6. The number of nitrogens with two attached hydrogens (primary N) is 1. The van der Waals surface area contributed by atoms with E-state index in [1.807, 2.05) is 55.4 Å². The molecule has 0 aliphatic carbocycles. The van der Waals surface area contributed by atoms with E-state index in [0.717, 1.165) is 11.3 Å². The lowest BCUT2D eigenvalue weighted by molar-refractivity contribution is 0.0945. The van der Waals surface area contributed by atoms with E-state index in [9.17, 15) is 14.4 Å². The first kappa shape index (κ1) is 30.3. The van der Waals surface area contributed by atoms with Crippen molar-refractivity contribution < 1.29 is 14.4 Å². The number of carbonyl (C=O) groups is 3. The van der Waals surface area contributed by atoms with Crippen molar-refractivity contribution in [3.63, 3.8) is 0 Å². The number of anilines is 3. The Hall–Kier alpha value is -5.65. The maximum Gasteiger partial charge on any atom is 0.272 e. The van der Waals surface area contributed by atoms with Crippen LogP contribution >= 0.6 is 0 Å². The van der Waals surface area contributed by atoms with Crippen LogP contribution in [0.25, 0.3) is 12.2 Å². The van der Waals surface area contributed by atoms with Crippen LogP contribution in [-0.2, 0) is 14.1 Å². The van der Waals surface area contributed by atoms with Gasteiger partial charge in [-0.25, -0.2) is 0 Å². The molecule has 222 valence electrons. The number of carbonyl (C=O) groups excluding carboxylic acids is 3. The second kappa shape index (κ2) is 13.3. The zero-order chi connectivity index (χ0) is 31.1. The van der Waals surface area contributed by atoms with Gasteiger partial charge in [-0.1, -0.05) is 18.2 Å². The van der Waals surface area contributed by atoms with Crippen LogP contribution < -0.4 is 26.6 Å². The van der Waals surface area contributed by atoms with Crippen LogP contribution in [0.15, 0.2) is 67.1 Å². The van der Waals surface area contributed by atoms with Crippen molar-refractivity contribution in [1.29, 1.82) is 5.41 Å². The van der Waals surface area contributed by atoms with Gasteiger partial charge in [0, 0.05) is 65.4 Å². The van der Waals surface area contributed by atoms with E-state index < -0.39 is 5.91 Å². The minimum atomic E-state index is -0.411. The van der Waals surface area contributed by atoms with Crippen LogP contribution in [0.1, 0.15) is 49.0 Å². The molecule has 3 heterocycles. The fourth-order valence-electron chi connectivity index (χ4n) is 4.22. The lowest BCUT2D eigenvalue weighted by Gasteiger charge is -2.11. The third kappa shape index (κ3) is 7.97. The van der Waals surface area contributed by atoms with Gasteiger partial charge in [0.15, 0.2) is 0 Å². The van der Waals surface area contributed by atoms with Gasteiger partial charge in [-0.15, -0.1) is 0 Å². The molecule has 12 nitrogen and oxygen atoms in total. The third-order valence-electron chi connectivity index (χ3n) is 6.58. The summed E-state index contributed by atoms with van der Waals surface area (Å²) in [5.74, 6) is -1.13. The highest BCUT2D eigenvalue weighted by Crippen LogP contribution is 2.19. The van der Waals surface area contributed by atoms with Crippen LogP contribution in [0.5, 0.6) is 0 Å². The van der Waals surface area contributed by atoms with Crippen LogP contribution in [-0.4, -0.2) is 58.3 Å². The third-order valence-corrected chi connectivity index (χ3v) is 6.58. The van der Waals surface area contributed by atoms with Gasteiger partial charge in [0.25, 0.3) is 17.7 Å². The maximum absolute atomic E-state index is 13.0. The number of benzene rings is 1. The molecule has 0 fully saturated rings. The highest BCUT2D eigenvalue weighted by Gasteiger charge is 2.17. The van der Waals surface area contributed by atoms with Gasteiger partial charge in [0.2, 0.25) is 0 Å². The number of aryl methyl sites for hydroxylation is 2. The number of rotatable bonds is 11. The molecule has 6 N–H and O–H groups in total. The largest absolute Gasteiger partial charge is 0.388 e. The SMILES string of the molecule is CN(C)c1ccc(/C=C/c2ccc(C(=O)Nc3cc(C(=O)Nc4cc(C(=O)NCCC(=N)N)n(C)c4)n(C)c3)cn2)cc1. The number of hydrogen-bond donors (Lipinski definition) is 5. The number of amides is 3. The molecule has 12 heteroatoms. The Morgan fingerprint density at radius 1 is 0.884 bits per heavy atom. The van der Waals surface area contributed by atoms with Gasteiger partial charge >= 0.3 is 0 Å². The summed E-state index contributed by atoms with van der Waals surface area (Å²) in [4.78, 5) is 44.7. The fourth-order valence-corrected chi connectivity index (χ4v) is 4.22. The van der Waals surface area contributed by atoms with Crippen molar-refractivity contribution in [2.45, 2.75) is 6.42 Å². The van der Waals surface area contributed by atoms with Gasteiger partial charge in [0.1, 0.15) is 11.4 Å². The van der Waals surface area contributed by atoms with E-state index >= 15 is 0 Å². The van der Waals surface area contributed by atoms with Gasteiger partial charge in [-0.3, -0.25) is 24.8 Å². The standard InChI is InChI=1S/C31H35N9O3/c1-38(2)25-11-6-20(7-12-25)5-9-22-10-8-21(17-35-22)29(41)36-23-16-27(40(4)18-23)31(43)37-24-15-26(39(3)19-24)30(42)34-14-13-28(32)33/h5-12,15-19H,13-14H2,1-4H3,(H3,32,33)(H,34,42)(H,36,41)(H,37,43)/b9-5+. The second-order valence-electron chi connectivity index (χ2n) is 10.2.